The van der Waals surface area contributed by atoms with Crippen LogP contribution >= 0.6 is 0 Å². The van der Waals surface area contributed by atoms with Gasteiger partial charge in [0.15, 0.2) is 0 Å². The summed E-state index contributed by atoms with van der Waals surface area (Å²) in [7, 11) is 0. The zero-order valence-corrected chi connectivity index (χ0v) is 12.8. The number of aromatic nitrogens is 1. The fraction of sp³-hybridized carbons (Fsp3) is 0.353. The monoisotopic (exact) mass is 301 g/mol. The van der Waals surface area contributed by atoms with E-state index in [0.29, 0.717) is 23.3 Å². The van der Waals surface area contributed by atoms with Crippen molar-refractivity contribution < 1.29 is 19.1 Å². The number of ether oxygens (including phenoxy) is 2. The molecule has 0 saturated carbocycles. The van der Waals surface area contributed by atoms with E-state index in [1.54, 1.807) is 37.4 Å². The van der Waals surface area contributed by atoms with Gasteiger partial charge in [0.05, 0.1) is 13.2 Å². The Morgan fingerprint density at radius 1 is 1.18 bits per heavy atom. The van der Waals surface area contributed by atoms with Crippen LogP contribution in [0.5, 0.6) is 5.75 Å². The van der Waals surface area contributed by atoms with Crippen molar-refractivity contribution in [3.63, 3.8) is 0 Å². The predicted molar refractivity (Wildman–Crippen MR) is 83.1 cm³/mol. The molecule has 0 amide bonds. The van der Waals surface area contributed by atoms with Crippen LogP contribution in [-0.2, 0) is 9.53 Å². The van der Waals surface area contributed by atoms with Crippen molar-refractivity contribution in [1.29, 1.82) is 0 Å². The second-order valence-corrected chi connectivity index (χ2v) is 4.76. The Labute approximate surface area is 129 Å². The van der Waals surface area contributed by atoms with Gasteiger partial charge < -0.3 is 9.47 Å². The lowest BCUT2D eigenvalue weighted by atomic mass is 10.0. The number of Topliss-reactive ketones (excluding diaryl/α,β-unsaturated/α-hetero) is 1. The van der Waals surface area contributed by atoms with Gasteiger partial charge in [0.25, 0.3) is 5.78 Å². The molecule has 0 unspecified atom stereocenters. The first-order chi connectivity index (χ1) is 10.7. The molecule has 0 aliphatic rings. The highest BCUT2D eigenvalue weighted by Crippen LogP contribution is 2.27. The molecule has 5 heteroatoms. The molecule has 0 spiro atoms. The van der Waals surface area contributed by atoms with Crippen molar-refractivity contribution in [3.8, 4) is 5.75 Å². The van der Waals surface area contributed by atoms with Gasteiger partial charge in [0.2, 0.25) is 0 Å². The van der Waals surface area contributed by atoms with Crippen molar-refractivity contribution in [2.24, 2.45) is 0 Å². The molecule has 2 aromatic rings. The largest absolute Gasteiger partial charge is 0.491 e. The maximum absolute atomic E-state index is 12.2. The van der Waals surface area contributed by atoms with Crippen LogP contribution in [0.1, 0.15) is 37.0 Å². The van der Waals surface area contributed by atoms with Crippen LogP contribution in [0, 0.1) is 0 Å². The number of rotatable bonds is 7. The summed E-state index contributed by atoms with van der Waals surface area (Å²) in [5.74, 6) is -0.906. The number of hydrogen-bond acceptors (Lipinski definition) is 5. The normalized spacial score (nSPS) is 10.5. The molecule has 0 aliphatic heterocycles. The van der Waals surface area contributed by atoms with Gasteiger partial charge in [-0.2, -0.15) is 0 Å². The maximum atomic E-state index is 12.2. The summed E-state index contributed by atoms with van der Waals surface area (Å²) in [4.78, 5) is 28.1. The van der Waals surface area contributed by atoms with E-state index in [-0.39, 0.29) is 12.2 Å². The molecule has 0 atom stereocenters. The van der Waals surface area contributed by atoms with Gasteiger partial charge in [-0.05, 0) is 31.5 Å². The number of pyridine rings is 1. The summed E-state index contributed by atoms with van der Waals surface area (Å²) < 4.78 is 10.5. The van der Waals surface area contributed by atoms with Crippen LogP contribution < -0.4 is 4.74 Å². The molecule has 0 saturated heterocycles. The van der Waals surface area contributed by atoms with Crippen molar-refractivity contribution in [2.45, 2.75) is 26.7 Å². The number of carbonyl (C=O) groups is 2. The van der Waals surface area contributed by atoms with E-state index >= 15 is 0 Å². The molecule has 0 N–H and O–H groups in total. The molecule has 22 heavy (non-hydrogen) atoms. The summed E-state index contributed by atoms with van der Waals surface area (Å²) in [5, 5.41) is 0.592. The van der Waals surface area contributed by atoms with Crippen molar-refractivity contribution >= 4 is 22.7 Å². The van der Waals surface area contributed by atoms with Gasteiger partial charge in [-0.1, -0.05) is 19.4 Å². The number of benzene rings is 1. The smallest absolute Gasteiger partial charge is 0.379 e. The molecule has 0 aliphatic carbocycles. The van der Waals surface area contributed by atoms with Crippen molar-refractivity contribution in [3.05, 3.63) is 36.0 Å². The number of ketones is 1. The van der Waals surface area contributed by atoms with Gasteiger partial charge in [-0.3, -0.25) is 9.78 Å². The van der Waals surface area contributed by atoms with Crippen molar-refractivity contribution in [2.75, 3.05) is 13.2 Å². The minimum Gasteiger partial charge on any atom is -0.491 e. The van der Waals surface area contributed by atoms with E-state index in [2.05, 4.69) is 11.9 Å². The lowest BCUT2D eigenvalue weighted by molar-refractivity contribution is -0.137. The second-order valence-electron chi connectivity index (χ2n) is 4.76. The van der Waals surface area contributed by atoms with E-state index in [9.17, 15) is 9.59 Å². The first kappa shape index (κ1) is 15.9. The van der Waals surface area contributed by atoms with Crippen LogP contribution in [-0.4, -0.2) is 30.0 Å². The molecule has 2 rings (SSSR count). The van der Waals surface area contributed by atoms with E-state index in [0.717, 1.165) is 12.8 Å². The zero-order valence-electron chi connectivity index (χ0n) is 12.8. The fourth-order valence-corrected chi connectivity index (χ4v) is 2.09. The van der Waals surface area contributed by atoms with Gasteiger partial charge in [-0.25, -0.2) is 4.79 Å². The highest BCUT2D eigenvalue weighted by atomic mass is 16.5. The van der Waals surface area contributed by atoms with Crippen molar-refractivity contribution in [1.82, 2.24) is 4.98 Å². The third kappa shape index (κ3) is 3.42. The Hall–Kier alpha value is -2.43. The maximum Gasteiger partial charge on any atom is 0.379 e. The number of nitrogens with zero attached hydrogens (tertiary/aromatic N) is 1. The lowest BCUT2D eigenvalue weighted by Gasteiger charge is -2.10. The number of hydrogen-bond donors (Lipinski definition) is 0. The Bertz CT molecular complexity index is 681. The molecule has 1 aromatic carbocycles. The quantitative estimate of drug-likeness (QED) is 0.340. The minimum atomic E-state index is -0.854. The zero-order chi connectivity index (χ0) is 15.9. The number of esters is 1. The van der Waals surface area contributed by atoms with Crippen LogP contribution in [0.15, 0.2) is 30.5 Å². The van der Waals surface area contributed by atoms with Crippen LogP contribution in [0.4, 0.5) is 0 Å². The minimum absolute atomic E-state index is 0.166. The van der Waals surface area contributed by atoms with E-state index < -0.39 is 11.8 Å². The van der Waals surface area contributed by atoms with Gasteiger partial charge in [0, 0.05) is 17.1 Å². The van der Waals surface area contributed by atoms with Crippen LogP contribution in [0.2, 0.25) is 0 Å². The fourth-order valence-electron chi connectivity index (χ4n) is 2.09. The number of fused-ring (bicyclic) bond motifs is 1. The molecular weight excluding hydrogens is 282 g/mol. The Kier molecular flexibility index (Phi) is 5.47. The summed E-state index contributed by atoms with van der Waals surface area (Å²) in [5.41, 5.74) is 0.859. The SMILES string of the molecule is CCCCOc1ccc(C(=O)C(=O)OCC)c2cccnc12. The lowest BCUT2D eigenvalue weighted by Crippen LogP contribution is -2.18. The summed E-state index contributed by atoms with van der Waals surface area (Å²) in [6, 6.07) is 6.74. The molecule has 1 aromatic heterocycles. The molecule has 0 radical (unpaired) electrons. The Morgan fingerprint density at radius 2 is 2.00 bits per heavy atom. The topological polar surface area (TPSA) is 65.5 Å². The number of carbonyl (C=O) groups excluding carboxylic acids is 2. The first-order valence-corrected chi connectivity index (χ1v) is 7.41. The summed E-state index contributed by atoms with van der Waals surface area (Å²) in [6.07, 6.45) is 3.61. The molecular formula is C17H19NO4. The highest BCUT2D eigenvalue weighted by Gasteiger charge is 2.21. The molecule has 5 nitrogen and oxygen atoms in total. The highest BCUT2D eigenvalue weighted by molar-refractivity contribution is 6.43. The molecule has 0 fully saturated rings. The summed E-state index contributed by atoms with van der Waals surface area (Å²) in [6.45, 7) is 4.50. The van der Waals surface area contributed by atoms with E-state index in [1.807, 2.05) is 0 Å². The summed E-state index contributed by atoms with van der Waals surface area (Å²) >= 11 is 0. The predicted octanol–water partition coefficient (Wildman–Crippen LogP) is 3.16. The Balaban J connectivity index is 2.39. The number of unbranched alkanes of at least 4 members (excludes halogenated alkanes) is 1. The third-order valence-electron chi connectivity index (χ3n) is 3.19. The van der Waals surface area contributed by atoms with Crippen LogP contribution in [0.25, 0.3) is 10.9 Å². The molecule has 1 heterocycles. The second kappa shape index (κ2) is 7.54. The van der Waals surface area contributed by atoms with Gasteiger partial charge >= 0.3 is 5.97 Å². The van der Waals surface area contributed by atoms with E-state index in [4.69, 9.17) is 9.47 Å². The molecule has 116 valence electrons. The average Bonchev–Trinajstić information content (AvgIpc) is 2.54. The molecule has 0 bridgehead atoms. The average molecular weight is 301 g/mol. The first-order valence-electron chi connectivity index (χ1n) is 7.41. The standard InChI is InChI=1S/C17H19NO4/c1-3-5-11-22-14-9-8-13(16(19)17(20)21-4-2)12-7-6-10-18-15(12)14/h6-10H,3-5,11H2,1-2H3. The third-order valence-corrected chi connectivity index (χ3v) is 3.19. The van der Waals surface area contributed by atoms with E-state index in [1.165, 1.54) is 0 Å². The van der Waals surface area contributed by atoms with Crippen LogP contribution in [0.3, 0.4) is 0 Å². The Morgan fingerprint density at radius 3 is 2.73 bits per heavy atom. The van der Waals surface area contributed by atoms with Gasteiger partial charge in [0.1, 0.15) is 11.3 Å². The van der Waals surface area contributed by atoms with Gasteiger partial charge in [-0.15, -0.1) is 0 Å².